The van der Waals surface area contributed by atoms with E-state index in [0.717, 1.165) is 42.6 Å². The number of carbonyl (C=O) groups is 1. The Bertz CT molecular complexity index is 879. The van der Waals surface area contributed by atoms with Gasteiger partial charge in [-0.25, -0.2) is 0 Å². The highest BCUT2D eigenvalue weighted by Gasteiger charge is 2.35. The summed E-state index contributed by atoms with van der Waals surface area (Å²) in [5.74, 6) is 0.130. The first-order chi connectivity index (χ1) is 12.0. The lowest BCUT2D eigenvalue weighted by Crippen LogP contribution is -2.36. The van der Waals surface area contributed by atoms with Gasteiger partial charge in [0.05, 0.1) is 11.7 Å². The van der Waals surface area contributed by atoms with Crippen LogP contribution in [0.1, 0.15) is 65.1 Å². The molecule has 0 aromatic carbocycles. The van der Waals surface area contributed by atoms with Crippen LogP contribution in [0.2, 0.25) is 0 Å². The molecule has 2 aliphatic carbocycles. The van der Waals surface area contributed by atoms with E-state index in [1.807, 2.05) is 44.3 Å². The Balaban J connectivity index is 1.64. The third kappa shape index (κ3) is 3.23. The minimum Gasteiger partial charge on any atom is -0.343 e. The highest BCUT2D eigenvalue weighted by atomic mass is 16.2. The molecular weight excluding hydrogens is 314 g/mol. The summed E-state index contributed by atoms with van der Waals surface area (Å²) in [6.45, 7) is 3.77. The lowest BCUT2D eigenvalue weighted by molar-refractivity contribution is 0.0928. The SMILES string of the molecule is Cc1cccc(C(NC(=O)c2c(C)ccn(C3CC3)c2=O)C2CC2)n1. The van der Waals surface area contributed by atoms with Crippen molar-refractivity contribution in [1.29, 1.82) is 0 Å². The number of nitrogens with zero attached hydrogens (tertiary/aromatic N) is 2. The van der Waals surface area contributed by atoms with Crippen molar-refractivity contribution in [2.75, 3.05) is 0 Å². The second-order valence-electron chi connectivity index (χ2n) is 7.31. The van der Waals surface area contributed by atoms with E-state index in [-0.39, 0.29) is 29.1 Å². The van der Waals surface area contributed by atoms with Crippen molar-refractivity contribution in [3.05, 3.63) is 63.3 Å². The van der Waals surface area contributed by atoms with E-state index in [0.29, 0.717) is 5.92 Å². The van der Waals surface area contributed by atoms with Gasteiger partial charge >= 0.3 is 0 Å². The molecule has 25 heavy (non-hydrogen) atoms. The Morgan fingerprint density at radius 2 is 1.96 bits per heavy atom. The van der Waals surface area contributed by atoms with Crippen molar-refractivity contribution in [3.63, 3.8) is 0 Å². The molecule has 1 N–H and O–H groups in total. The van der Waals surface area contributed by atoms with E-state index in [2.05, 4.69) is 10.3 Å². The van der Waals surface area contributed by atoms with Gasteiger partial charge < -0.3 is 9.88 Å². The fourth-order valence-corrected chi connectivity index (χ4v) is 3.37. The number of carbonyl (C=O) groups excluding carboxylic acids is 1. The van der Waals surface area contributed by atoms with Gasteiger partial charge in [0.15, 0.2) is 0 Å². The standard InChI is InChI=1S/C20H23N3O2/c1-12-10-11-23(15-8-9-15)20(25)17(12)19(24)22-18(14-6-7-14)16-5-3-4-13(2)21-16/h3-5,10-11,14-15,18H,6-9H2,1-2H3,(H,22,24). The van der Waals surface area contributed by atoms with Crippen LogP contribution in [0.25, 0.3) is 0 Å². The number of aromatic nitrogens is 2. The zero-order valence-electron chi connectivity index (χ0n) is 14.7. The Labute approximate surface area is 147 Å². The second kappa shape index (κ2) is 6.14. The summed E-state index contributed by atoms with van der Waals surface area (Å²) in [5.41, 5.74) is 2.64. The van der Waals surface area contributed by atoms with Crippen LogP contribution in [0.15, 0.2) is 35.3 Å². The minimum absolute atomic E-state index is 0.124. The minimum atomic E-state index is -0.280. The predicted molar refractivity (Wildman–Crippen MR) is 95.6 cm³/mol. The monoisotopic (exact) mass is 337 g/mol. The molecule has 5 nitrogen and oxygen atoms in total. The van der Waals surface area contributed by atoms with Gasteiger partial charge in [0, 0.05) is 17.9 Å². The number of rotatable bonds is 5. The van der Waals surface area contributed by atoms with Crippen LogP contribution in [-0.2, 0) is 0 Å². The Morgan fingerprint density at radius 3 is 2.60 bits per heavy atom. The molecule has 1 amide bonds. The Hall–Kier alpha value is -2.43. The molecular formula is C20H23N3O2. The molecule has 0 aliphatic heterocycles. The van der Waals surface area contributed by atoms with E-state index in [4.69, 9.17) is 0 Å². The van der Waals surface area contributed by atoms with Gasteiger partial charge in [-0.05, 0) is 69.2 Å². The molecule has 1 unspecified atom stereocenters. The van der Waals surface area contributed by atoms with Crippen LogP contribution in [-0.4, -0.2) is 15.5 Å². The first kappa shape index (κ1) is 16.1. The topological polar surface area (TPSA) is 64.0 Å². The molecule has 2 fully saturated rings. The molecule has 2 aromatic heterocycles. The third-order valence-electron chi connectivity index (χ3n) is 5.10. The van der Waals surface area contributed by atoms with Crippen molar-refractivity contribution in [3.8, 4) is 0 Å². The van der Waals surface area contributed by atoms with Crippen molar-refractivity contribution in [2.45, 2.75) is 51.6 Å². The smallest absolute Gasteiger partial charge is 0.263 e. The fourth-order valence-electron chi connectivity index (χ4n) is 3.37. The van der Waals surface area contributed by atoms with Gasteiger partial charge in [0.25, 0.3) is 11.5 Å². The Kier molecular flexibility index (Phi) is 3.94. The molecule has 2 aliphatic rings. The molecule has 0 radical (unpaired) electrons. The van der Waals surface area contributed by atoms with Gasteiger partial charge in [-0.1, -0.05) is 6.07 Å². The molecule has 0 saturated heterocycles. The average Bonchev–Trinajstić information content (AvgIpc) is 3.46. The van der Waals surface area contributed by atoms with E-state index in [9.17, 15) is 9.59 Å². The molecule has 2 saturated carbocycles. The van der Waals surface area contributed by atoms with Crippen molar-refractivity contribution in [2.24, 2.45) is 5.92 Å². The maximum atomic E-state index is 12.9. The van der Waals surface area contributed by atoms with E-state index >= 15 is 0 Å². The van der Waals surface area contributed by atoms with Crippen LogP contribution in [0.4, 0.5) is 0 Å². The highest BCUT2D eigenvalue weighted by molar-refractivity contribution is 5.95. The first-order valence-electron chi connectivity index (χ1n) is 9.01. The zero-order valence-corrected chi connectivity index (χ0v) is 14.7. The van der Waals surface area contributed by atoms with Gasteiger partial charge in [-0.2, -0.15) is 0 Å². The molecule has 5 heteroatoms. The Morgan fingerprint density at radius 1 is 1.20 bits per heavy atom. The van der Waals surface area contributed by atoms with Crippen LogP contribution < -0.4 is 10.9 Å². The lowest BCUT2D eigenvalue weighted by atomic mass is 10.1. The largest absolute Gasteiger partial charge is 0.343 e. The van der Waals surface area contributed by atoms with Crippen molar-refractivity contribution in [1.82, 2.24) is 14.9 Å². The van der Waals surface area contributed by atoms with Crippen LogP contribution in [0, 0.1) is 19.8 Å². The molecule has 4 rings (SSSR count). The highest BCUT2D eigenvalue weighted by Crippen LogP contribution is 2.40. The summed E-state index contributed by atoms with van der Waals surface area (Å²) in [5, 5.41) is 3.09. The van der Waals surface area contributed by atoms with Crippen molar-refractivity contribution < 1.29 is 4.79 Å². The van der Waals surface area contributed by atoms with Gasteiger partial charge in [-0.3, -0.25) is 14.6 Å². The number of pyridine rings is 2. The summed E-state index contributed by atoms with van der Waals surface area (Å²) in [4.78, 5) is 30.3. The quantitative estimate of drug-likeness (QED) is 0.912. The number of hydrogen-bond acceptors (Lipinski definition) is 3. The fraction of sp³-hybridized carbons (Fsp3) is 0.450. The first-order valence-corrected chi connectivity index (χ1v) is 9.01. The average molecular weight is 337 g/mol. The van der Waals surface area contributed by atoms with E-state index < -0.39 is 0 Å². The third-order valence-corrected chi connectivity index (χ3v) is 5.10. The molecule has 130 valence electrons. The predicted octanol–water partition coefficient (Wildman–Crippen LogP) is 3.08. The number of aryl methyl sites for hydroxylation is 2. The van der Waals surface area contributed by atoms with Gasteiger partial charge in [-0.15, -0.1) is 0 Å². The number of amides is 1. The molecule has 1 atom stereocenters. The van der Waals surface area contributed by atoms with Crippen LogP contribution in [0.5, 0.6) is 0 Å². The normalized spacial score (nSPS) is 18.0. The summed E-state index contributed by atoms with van der Waals surface area (Å²) in [6.07, 6.45) is 6.01. The number of hydrogen-bond donors (Lipinski definition) is 1. The summed E-state index contributed by atoms with van der Waals surface area (Å²) < 4.78 is 1.71. The number of nitrogens with one attached hydrogen (secondary N) is 1. The zero-order chi connectivity index (χ0) is 17.6. The molecule has 2 aromatic rings. The lowest BCUT2D eigenvalue weighted by Gasteiger charge is -2.19. The van der Waals surface area contributed by atoms with Crippen LogP contribution in [0.3, 0.4) is 0 Å². The molecule has 2 heterocycles. The summed E-state index contributed by atoms with van der Waals surface area (Å²) in [6, 6.07) is 7.87. The van der Waals surface area contributed by atoms with E-state index in [1.54, 1.807) is 4.57 Å². The summed E-state index contributed by atoms with van der Waals surface area (Å²) in [7, 11) is 0. The van der Waals surface area contributed by atoms with Gasteiger partial charge in [0.2, 0.25) is 0 Å². The van der Waals surface area contributed by atoms with Gasteiger partial charge in [0.1, 0.15) is 5.56 Å². The molecule has 0 bridgehead atoms. The van der Waals surface area contributed by atoms with Crippen molar-refractivity contribution >= 4 is 5.91 Å². The van der Waals surface area contributed by atoms with E-state index in [1.165, 1.54) is 0 Å². The summed E-state index contributed by atoms with van der Waals surface area (Å²) >= 11 is 0. The maximum absolute atomic E-state index is 12.9. The second-order valence-corrected chi connectivity index (χ2v) is 7.31. The molecule has 0 spiro atoms. The maximum Gasteiger partial charge on any atom is 0.263 e. The van der Waals surface area contributed by atoms with Crippen LogP contribution >= 0.6 is 0 Å².